The van der Waals surface area contributed by atoms with Crippen LogP contribution in [0.3, 0.4) is 0 Å². The lowest BCUT2D eigenvalue weighted by Crippen LogP contribution is -2.02. The summed E-state index contributed by atoms with van der Waals surface area (Å²) in [7, 11) is 0. The molecular formula is C23H18N4O. The van der Waals surface area contributed by atoms with E-state index in [4.69, 9.17) is 9.40 Å². The second-order valence-electron chi connectivity index (χ2n) is 6.56. The summed E-state index contributed by atoms with van der Waals surface area (Å²) in [5.74, 6) is 1.53. The summed E-state index contributed by atoms with van der Waals surface area (Å²) in [5, 5.41) is 4.67. The van der Waals surface area contributed by atoms with Gasteiger partial charge >= 0.3 is 0 Å². The van der Waals surface area contributed by atoms with Gasteiger partial charge in [0.25, 0.3) is 0 Å². The zero-order chi connectivity index (χ0) is 18.8. The van der Waals surface area contributed by atoms with Crippen LogP contribution in [0.4, 0.5) is 5.82 Å². The molecule has 0 unspecified atom stereocenters. The number of nitrogens with zero attached hydrogens (tertiary/aromatic N) is 2. The topological polar surface area (TPSA) is 66.7 Å². The van der Waals surface area contributed by atoms with Gasteiger partial charge in [0.15, 0.2) is 5.76 Å². The number of H-pyrrole nitrogens is 1. The molecule has 0 atom stereocenters. The standard InChI is InChI=1S/C23H18N4O/c1-2-7-20-19(6-1)18(14-25-20)15-26-23-12-17(16-5-3-9-24-13-16)11-21(27-23)22-8-4-10-28-22/h1-14,25H,15H2,(H,26,27). The van der Waals surface area contributed by atoms with Crippen LogP contribution in [-0.4, -0.2) is 15.0 Å². The third-order valence-electron chi connectivity index (χ3n) is 4.73. The molecule has 2 N–H and O–H groups in total. The zero-order valence-electron chi connectivity index (χ0n) is 15.1. The molecule has 0 spiro atoms. The van der Waals surface area contributed by atoms with Crippen LogP contribution >= 0.6 is 0 Å². The van der Waals surface area contributed by atoms with E-state index in [1.165, 1.54) is 10.9 Å². The SMILES string of the molecule is c1cncc(-c2cc(NCc3c[nH]c4ccccc34)nc(-c3ccco3)c2)c1. The Hall–Kier alpha value is -3.86. The number of anilines is 1. The molecule has 0 amide bonds. The first-order chi connectivity index (χ1) is 13.9. The molecule has 5 aromatic rings. The highest BCUT2D eigenvalue weighted by atomic mass is 16.3. The molecule has 136 valence electrons. The van der Waals surface area contributed by atoms with Gasteiger partial charge in [0.2, 0.25) is 0 Å². The van der Waals surface area contributed by atoms with E-state index >= 15 is 0 Å². The molecular weight excluding hydrogens is 348 g/mol. The number of rotatable bonds is 5. The summed E-state index contributed by atoms with van der Waals surface area (Å²) >= 11 is 0. The van der Waals surface area contributed by atoms with Crippen LogP contribution in [-0.2, 0) is 6.54 Å². The largest absolute Gasteiger partial charge is 0.463 e. The minimum Gasteiger partial charge on any atom is -0.463 e. The van der Waals surface area contributed by atoms with Crippen molar-refractivity contribution in [3.63, 3.8) is 0 Å². The van der Waals surface area contributed by atoms with Gasteiger partial charge in [0, 0.05) is 41.6 Å². The average molecular weight is 366 g/mol. The van der Waals surface area contributed by atoms with Crippen molar-refractivity contribution < 1.29 is 4.42 Å². The van der Waals surface area contributed by atoms with E-state index in [2.05, 4.69) is 33.5 Å². The van der Waals surface area contributed by atoms with Gasteiger partial charge in [0.05, 0.1) is 6.26 Å². The number of hydrogen-bond donors (Lipinski definition) is 2. The van der Waals surface area contributed by atoms with Crippen molar-refractivity contribution in [2.45, 2.75) is 6.54 Å². The number of aromatic nitrogens is 3. The Balaban J connectivity index is 1.50. The highest BCUT2D eigenvalue weighted by Crippen LogP contribution is 2.28. The molecule has 0 saturated carbocycles. The molecule has 4 aromatic heterocycles. The number of furan rings is 1. The summed E-state index contributed by atoms with van der Waals surface area (Å²) in [6, 6.07) is 20.1. The summed E-state index contributed by atoms with van der Waals surface area (Å²) in [5.41, 5.74) is 5.19. The fourth-order valence-corrected chi connectivity index (χ4v) is 3.34. The predicted octanol–water partition coefficient (Wildman–Crippen LogP) is 5.50. The quantitative estimate of drug-likeness (QED) is 0.431. The Bertz CT molecular complexity index is 1210. The highest BCUT2D eigenvalue weighted by Gasteiger charge is 2.10. The molecule has 0 bridgehead atoms. The van der Waals surface area contributed by atoms with Crippen LogP contribution < -0.4 is 5.32 Å². The molecule has 0 aliphatic heterocycles. The predicted molar refractivity (Wildman–Crippen MR) is 111 cm³/mol. The van der Waals surface area contributed by atoms with Crippen molar-refractivity contribution in [2.75, 3.05) is 5.32 Å². The van der Waals surface area contributed by atoms with Crippen LogP contribution in [0, 0.1) is 0 Å². The molecule has 0 aliphatic rings. The molecule has 28 heavy (non-hydrogen) atoms. The van der Waals surface area contributed by atoms with Crippen molar-refractivity contribution in [3.05, 3.63) is 91.1 Å². The lowest BCUT2D eigenvalue weighted by molar-refractivity contribution is 0.580. The Kier molecular flexibility index (Phi) is 4.10. The van der Waals surface area contributed by atoms with E-state index in [9.17, 15) is 0 Å². The molecule has 1 aromatic carbocycles. The van der Waals surface area contributed by atoms with Gasteiger partial charge < -0.3 is 14.7 Å². The first kappa shape index (κ1) is 16.3. The van der Waals surface area contributed by atoms with Gasteiger partial charge in [0.1, 0.15) is 11.5 Å². The maximum absolute atomic E-state index is 5.56. The smallest absolute Gasteiger partial charge is 0.152 e. The van der Waals surface area contributed by atoms with E-state index in [1.807, 2.05) is 54.9 Å². The number of benzene rings is 1. The summed E-state index contributed by atoms with van der Waals surface area (Å²) in [4.78, 5) is 12.3. The molecule has 0 aliphatic carbocycles. The Labute approximate surface area is 162 Å². The van der Waals surface area contributed by atoms with Crippen LogP contribution in [0.5, 0.6) is 0 Å². The molecule has 5 nitrogen and oxygen atoms in total. The van der Waals surface area contributed by atoms with Crippen LogP contribution in [0.1, 0.15) is 5.56 Å². The molecule has 5 rings (SSSR count). The van der Waals surface area contributed by atoms with E-state index in [-0.39, 0.29) is 0 Å². The summed E-state index contributed by atoms with van der Waals surface area (Å²) < 4.78 is 5.56. The molecule has 4 heterocycles. The lowest BCUT2D eigenvalue weighted by atomic mass is 10.1. The van der Waals surface area contributed by atoms with Crippen molar-refractivity contribution in [3.8, 4) is 22.6 Å². The minimum atomic E-state index is 0.672. The van der Waals surface area contributed by atoms with E-state index in [1.54, 1.807) is 12.5 Å². The number of pyridine rings is 2. The van der Waals surface area contributed by atoms with Crippen molar-refractivity contribution in [1.82, 2.24) is 15.0 Å². The van der Waals surface area contributed by atoms with E-state index in [0.29, 0.717) is 6.54 Å². The Morgan fingerprint density at radius 1 is 0.964 bits per heavy atom. The first-order valence-corrected chi connectivity index (χ1v) is 9.12. The number of aromatic amines is 1. The Morgan fingerprint density at radius 3 is 2.79 bits per heavy atom. The van der Waals surface area contributed by atoms with Crippen LogP contribution in [0.25, 0.3) is 33.5 Å². The number of para-hydroxylation sites is 1. The van der Waals surface area contributed by atoms with E-state index in [0.717, 1.165) is 33.9 Å². The van der Waals surface area contributed by atoms with Gasteiger partial charge in [-0.25, -0.2) is 4.98 Å². The number of fused-ring (bicyclic) bond motifs is 1. The van der Waals surface area contributed by atoms with Gasteiger partial charge in [-0.3, -0.25) is 4.98 Å². The van der Waals surface area contributed by atoms with Gasteiger partial charge in [-0.15, -0.1) is 0 Å². The Morgan fingerprint density at radius 2 is 1.93 bits per heavy atom. The van der Waals surface area contributed by atoms with Gasteiger partial charge in [-0.1, -0.05) is 24.3 Å². The minimum absolute atomic E-state index is 0.672. The third-order valence-corrected chi connectivity index (χ3v) is 4.73. The second kappa shape index (κ2) is 7.04. The monoisotopic (exact) mass is 366 g/mol. The fourth-order valence-electron chi connectivity index (χ4n) is 3.34. The maximum atomic E-state index is 5.56. The summed E-state index contributed by atoms with van der Waals surface area (Å²) in [6.45, 7) is 0.672. The molecule has 5 heteroatoms. The fraction of sp³-hybridized carbons (Fsp3) is 0.0435. The first-order valence-electron chi connectivity index (χ1n) is 9.12. The van der Waals surface area contributed by atoms with Crippen LogP contribution in [0.2, 0.25) is 0 Å². The van der Waals surface area contributed by atoms with Crippen molar-refractivity contribution in [1.29, 1.82) is 0 Å². The summed E-state index contributed by atoms with van der Waals surface area (Å²) in [6.07, 6.45) is 7.32. The lowest BCUT2D eigenvalue weighted by Gasteiger charge is -2.10. The van der Waals surface area contributed by atoms with Gasteiger partial charge in [-0.2, -0.15) is 0 Å². The third kappa shape index (κ3) is 3.14. The number of hydrogen-bond acceptors (Lipinski definition) is 4. The van der Waals surface area contributed by atoms with Gasteiger partial charge in [-0.05, 0) is 47.5 Å². The molecule has 0 radical (unpaired) electrons. The van der Waals surface area contributed by atoms with Crippen molar-refractivity contribution >= 4 is 16.7 Å². The highest BCUT2D eigenvalue weighted by molar-refractivity contribution is 5.83. The normalized spacial score (nSPS) is 11.0. The molecule has 0 saturated heterocycles. The second-order valence-corrected chi connectivity index (χ2v) is 6.56. The maximum Gasteiger partial charge on any atom is 0.152 e. The zero-order valence-corrected chi connectivity index (χ0v) is 15.1. The van der Waals surface area contributed by atoms with Crippen molar-refractivity contribution in [2.24, 2.45) is 0 Å². The average Bonchev–Trinajstić information content (AvgIpc) is 3.43. The molecule has 0 fully saturated rings. The van der Waals surface area contributed by atoms with Crippen LogP contribution in [0.15, 0.2) is 89.9 Å². The number of nitrogens with one attached hydrogen (secondary N) is 2. The van der Waals surface area contributed by atoms with E-state index < -0.39 is 0 Å².